The number of H-pyrrole nitrogens is 1. The molecule has 2 rings (SSSR count). The van der Waals surface area contributed by atoms with Crippen molar-refractivity contribution in [1.82, 2.24) is 20.9 Å². The molecule has 34 heavy (non-hydrogen) atoms. The predicted molar refractivity (Wildman–Crippen MR) is 129 cm³/mol. The Balaban J connectivity index is 1.95. The average molecular weight is 474 g/mol. The normalized spacial score (nSPS) is 14.8. The van der Waals surface area contributed by atoms with Crippen molar-refractivity contribution in [3.63, 3.8) is 0 Å². The van der Waals surface area contributed by atoms with E-state index in [9.17, 15) is 24.3 Å². The molecule has 3 amide bonds. The first kappa shape index (κ1) is 26.8. The Morgan fingerprint density at radius 3 is 2.35 bits per heavy atom. The van der Waals surface area contributed by atoms with E-state index >= 15 is 0 Å². The largest absolute Gasteiger partial charge is 0.480 e. The second-order valence-electron chi connectivity index (χ2n) is 8.88. The Bertz CT molecular complexity index is 1020. The summed E-state index contributed by atoms with van der Waals surface area (Å²) in [7, 11) is 0. The fraction of sp³-hybridized carbons (Fsp3) is 0.500. The van der Waals surface area contributed by atoms with Crippen LogP contribution in [0, 0.1) is 11.8 Å². The van der Waals surface area contributed by atoms with Crippen LogP contribution in [-0.2, 0) is 25.6 Å². The van der Waals surface area contributed by atoms with Crippen molar-refractivity contribution in [1.29, 1.82) is 0 Å². The molecule has 10 nitrogen and oxygen atoms in total. The van der Waals surface area contributed by atoms with Crippen molar-refractivity contribution in [2.24, 2.45) is 17.6 Å². The van der Waals surface area contributed by atoms with Crippen LogP contribution < -0.4 is 21.7 Å². The number of nitrogens with two attached hydrogens (primary N) is 1. The molecule has 0 spiro atoms. The molecule has 0 aliphatic carbocycles. The number of carbonyl (C=O) groups excluding carboxylic acids is 3. The molecule has 2 aromatic rings. The minimum absolute atomic E-state index is 0.0493. The summed E-state index contributed by atoms with van der Waals surface area (Å²) in [6, 6.07) is 4.67. The van der Waals surface area contributed by atoms with Crippen molar-refractivity contribution in [3.8, 4) is 0 Å². The number of carboxylic acid groups (broad SMARTS) is 1. The van der Waals surface area contributed by atoms with Gasteiger partial charge in [-0.05, 0) is 23.5 Å². The van der Waals surface area contributed by atoms with Crippen LogP contribution in [-0.4, -0.2) is 58.5 Å². The highest BCUT2D eigenvalue weighted by Gasteiger charge is 2.29. The number of aromatic nitrogens is 1. The number of fused-ring (bicyclic) bond motifs is 1. The minimum atomic E-state index is -1.18. The molecule has 0 saturated heterocycles. The molecule has 0 aliphatic heterocycles. The van der Waals surface area contributed by atoms with Crippen LogP contribution in [0.2, 0.25) is 0 Å². The quantitative estimate of drug-likeness (QED) is 0.268. The molecule has 0 fully saturated rings. The van der Waals surface area contributed by atoms with Crippen molar-refractivity contribution < 1.29 is 24.3 Å². The maximum absolute atomic E-state index is 12.6. The fourth-order valence-electron chi connectivity index (χ4n) is 3.54. The molecule has 1 aromatic heterocycles. The highest BCUT2D eigenvalue weighted by Crippen LogP contribution is 2.19. The standard InChI is InChI=1S/C24H35N5O5/c1-5-14(4)20(25)22(31)29-21(13(2)3)23(32)27-12-19(30)28-18(24(33)34)10-15-11-26-17-9-7-6-8-16(15)17/h6-9,11,13-14,18,20-21,26H,5,10,12,25H2,1-4H3,(H,27,32)(H,28,30)(H,29,31)(H,33,34). The van der Waals surface area contributed by atoms with E-state index < -0.39 is 48.4 Å². The number of carboxylic acids is 1. The Morgan fingerprint density at radius 2 is 1.74 bits per heavy atom. The van der Waals surface area contributed by atoms with E-state index in [0.29, 0.717) is 0 Å². The van der Waals surface area contributed by atoms with Crippen LogP contribution in [0.15, 0.2) is 30.5 Å². The summed E-state index contributed by atoms with van der Waals surface area (Å²) in [6.07, 6.45) is 2.52. The van der Waals surface area contributed by atoms with E-state index in [-0.39, 0.29) is 18.3 Å². The number of para-hydroxylation sites is 1. The van der Waals surface area contributed by atoms with Gasteiger partial charge in [-0.15, -0.1) is 0 Å². The lowest BCUT2D eigenvalue weighted by Crippen LogP contribution is -2.56. The van der Waals surface area contributed by atoms with E-state index in [2.05, 4.69) is 20.9 Å². The Labute approximate surface area is 199 Å². The van der Waals surface area contributed by atoms with Crippen molar-refractivity contribution in [2.45, 2.75) is 58.7 Å². The number of carbonyl (C=O) groups is 4. The van der Waals surface area contributed by atoms with Crippen LogP contribution in [0.25, 0.3) is 10.9 Å². The molecule has 0 bridgehead atoms. The SMILES string of the molecule is CCC(C)C(N)C(=O)NC(C(=O)NCC(=O)NC(Cc1c[nH]c2ccccc12)C(=O)O)C(C)C. The summed E-state index contributed by atoms with van der Waals surface area (Å²) in [5.74, 6) is -3.10. The molecule has 7 N–H and O–H groups in total. The number of benzene rings is 1. The highest BCUT2D eigenvalue weighted by atomic mass is 16.4. The third-order valence-electron chi connectivity index (χ3n) is 5.96. The first-order chi connectivity index (χ1) is 16.0. The number of nitrogens with one attached hydrogen (secondary N) is 4. The molecule has 1 aromatic carbocycles. The maximum Gasteiger partial charge on any atom is 0.326 e. The number of amides is 3. The summed E-state index contributed by atoms with van der Waals surface area (Å²) < 4.78 is 0. The van der Waals surface area contributed by atoms with E-state index in [4.69, 9.17) is 5.73 Å². The van der Waals surface area contributed by atoms with Crippen LogP contribution in [0.1, 0.15) is 39.7 Å². The van der Waals surface area contributed by atoms with Gasteiger partial charge < -0.3 is 31.8 Å². The average Bonchev–Trinajstić information content (AvgIpc) is 3.21. The zero-order valence-corrected chi connectivity index (χ0v) is 20.1. The summed E-state index contributed by atoms with van der Waals surface area (Å²) in [5, 5.41) is 18.0. The van der Waals surface area contributed by atoms with Gasteiger partial charge in [0, 0.05) is 23.5 Å². The first-order valence-electron chi connectivity index (χ1n) is 11.5. The lowest BCUT2D eigenvalue weighted by atomic mass is 9.97. The molecule has 0 radical (unpaired) electrons. The lowest BCUT2D eigenvalue weighted by Gasteiger charge is -2.25. The molecule has 0 aliphatic rings. The minimum Gasteiger partial charge on any atom is -0.480 e. The zero-order chi connectivity index (χ0) is 25.4. The van der Waals surface area contributed by atoms with Crippen molar-refractivity contribution >= 4 is 34.6 Å². The third kappa shape index (κ3) is 7.05. The Hall–Kier alpha value is -3.40. The van der Waals surface area contributed by atoms with E-state index in [1.807, 2.05) is 38.1 Å². The molecule has 186 valence electrons. The predicted octanol–water partition coefficient (Wildman–Crippen LogP) is 0.910. The lowest BCUT2D eigenvalue weighted by molar-refractivity contribution is -0.141. The van der Waals surface area contributed by atoms with E-state index in [1.54, 1.807) is 20.0 Å². The number of rotatable bonds is 12. The summed E-state index contributed by atoms with van der Waals surface area (Å²) in [5.41, 5.74) is 7.58. The second kappa shape index (κ2) is 12.2. The zero-order valence-electron chi connectivity index (χ0n) is 20.1. The third-order valence-corrected chi connectivity index (χ3v) is 5.96. The number of aliphatic carboxylic acids is 1. The first-order valence-corrected chi connectivity index (χ1v) is 11.5. The fourth-order valence-corrected chi connectivity index (χ4v) is 3.54. The van der Waals surface area contributed by atoms with Gasteiger partial charge >= 0.3 is 5.97 Å². The van der Waals surface area contributed by atoms with Gasteiger partial charge in [0.15, 0.2) is 0 Å². The van der Waals surface area contributed by atoms with Crippen LogP contribution in [0.5, 0.6) is 0 Å². The second-order valence-corrected chi connectivity index (χ2v) is 8.88. The van der Waals surface area contributed by atoms with Crippen LogP contribution in [0.4, 0.5) is 0 Å². The van der Waals surface area contributed by atoms with Gasteiger partial charge in [-0.3, -0.25) is 14.4 Å². The van der Waals surface area contributed by atoms with Crippen molar-refractivity contribution in [2.75, 3.05) is 6.54 Å². The molecule has 4 atom stereocenters. The summed E-state index contributed by atoms with van der Waals surface area (Å²) in [6.45, 7) is 6.88. The van der Waals surface area contributed by atoms with Gasteiger partial charge in [-0.2, -0.15) is 0 Å². The van der Waals surface area contributed by atoms with Gasteiger partial charge in [0.2, 0.25) is 17.7 Å². The molecule has 10 heteroatoms. The van der Waals surface area contributed by atoms with E-state index in [0.717, 1.165) is 22.9 Å². The number of hydrogen-bond acceptors (Lipinski definition) is 5. The maximum atomic E-state index is 12.6. The summed E-state index contributed by atoms with van der Waals surface area (Å²) in [4.78, 5) is 52.2. The van der Waals surface area contributed by atoms with Gasteiger partial charge in [0.05, 0.1) is 12.6 Å². The number of aromatic amines is 1. The van der Waals surface area contributed by atoms with Gasteiger partial charge in [-0.25, -0.2) is 4.79 Å². The topological polar surface area (TPSA) is 166 Å². The molecule has 4 unspecified atom stereocenters. The van der Waals surface area contributed by atoms with Crippen molar-refractivity contribution in [3.05, 3.63) is 36.0 Å². The van der Waals surface area contributed by atoms with Crippen LogP contribution in [0.3, 0.4) is 0 Å². The molecule has 1 heterocycles. The van der Waals surface area contributed by atoms with E-state index in [1.165, 1.54) is 0 Å². The summed E-state index contributed by atoms with van der Waals surface area (Å²) >= 11 is 0. The molecular weight excluding hydrogens is 438 g/mol. The highest BCUT2D eigenvalue weighted by molar-refractivity contribution is 5.93. The Morgan fingerprint density at radius 1 is 1.06 bits per heavy atom. The van der Waals surface area contributed by atoms with Crippen LogP contribution >= 0.6 is 0 Å². The van der Waals surface area contributed by atoms with Gasteiger partial charge in [-0.1, -0.05) is 52.3 Å². The van der Waals surface area contributed by atoms with Gasteiger partial charge in [0.1, 0.15) is 12.1 Å². The smallest absolute Gasteiger partial charge is 0.326 e. The number of hydrogen-bond donors (Lipinski definition) is 6. The van der Waals surface area contributed by atoms with Gasteiger partial charge in [0.25, 0.3) is 0 Å². The monoisotopic (exact) mass is 473 g/mol. The molecule has 0 saturated carbocycles. The Kier molecular flexibility index (Phi) is 9.61. The molecular formula is C24H35N5O5.